The number of rotatable bonds is 6. The number of carbonyl (C=O) groups is 2. The second-order valence-electron chi connectivity index (χ2n) is 5.17. The van der Waals surface area contributed by atoms with Gasteiger partial charge in [-0.3, -0.25) is 9.59 Å². The summed E-state index contributed by atoms with van der Waals surface area (Å²) in [7, 11) is 0. The first-order chi connectivity index (χ1) is 10.2. The number of carbonyl (C=O) groups excluding carboxylic acids is 2. The van der Waals surface area contributed by atoms with Crippen molar-refractivity contribution in [3.63, 3.8) is 0 Å². The van der Waals surface area contributed by atoms with E-state index in [1.165, 1.54) is 0 Å². The number of anilines is 2. The highest BCUT2D eigenvalue weighted by molar-refractivity contribution is 5.99. The molecule has 0 bridgehead atoms. The van der Waals surface area contributed by atoms with Crippen molar-refractivity contribution < 1.29 is 14.3 Å². The number of nitrogens with one attached hydrogen (secondary N) is 1. The molecular weight excluding hydrogens is 268 g/mol. The summed E-state index contributed by atoms with van der Waals surface area (Å²) in [5, 5.41) is 2.86. The predicted molar refractivity (Wildman–Crippen MR) is 82.7 cm³/mol. The minimum Gasteiger partial charge on any atom is -0.481 e. The molecule has 1 aromatic carbocycles. The number of nitrogens with zero attached hydrogens (tertiary/aromatic N) is 1. The molecule has 0 unspecified atom stereocenters. The van der Waals surface area contributed by atoms with E-state index >= 15 is 0 Å². The second-order valence-corrected chi connectivity index (χ2v) is 5.17. The summed E-state index contributed by atoms with van der Waals surface area (Å²) in [6, 6.07) is 5.43. The molecule has 1 aliphatic rings. The number of unbranched alkanes of at least 4 members (excludes halogenated alkanes) is 1. The second kappa shape index (κ2) is 7.11. The van der Waals surface area contributed by atoms with Crippen LogP contribution in [-0.2, 0) is 9.59 Å². The average molecular weight is 290 g/mol. The smallest absolute Gasteiger partial charge is 0.265 e. The Morgan fingerprint density at radius 2 is 2.14 bits per heavy atom. The first kappa shape index (κ1) is 15.4. The summed E-state index contributed by atoms with van der Waals surface area (Å²) in [6.07, 6.45) is 3.29. The van der Waals surface area contributed by atoms with Crippen LogP contribution in [0.5, 0.6) is 5.75 Å². The fourth-order valence-electron chi connectivity index (χ4n) is 2.31. The fourth-order valence-corrected chi connectivity index (χ4v) is 2.31. The Kier molecular flexibility index (Phi) is 5.20. The predicted octanol–water partition coefficient (Wildman–Crippen LogP) is 2.95. The van der Waals surface area contributed by atoms with Gasteiger partial charge < -0.3 is 15.0 Å². The number of fused-ring (bicyclic) bond motifs is 1. The van der Waals surface area contributed by atoms with Crippen LogP contribution in [0.2, 0.25) is 0 Å². The molecule has 0 saturated carbocycles. The molecule has 114 valence electrons. The van der Waals surface area contributed by atoms with Gasteiger partial charge in [0.05, 0.1) is 5.69 Å². The van der Waals surface area contributed by atoms with Gasteiger partial charge in [-0.05, 0) is 25.0 Å². The molecule has 0 radical (unpaired) electrons. The first-order valence-electron chi connectivity index (χ1n) is 7.52. The Hall–Kier alpha value is -2.04. The van der Waals surface area contributed by atoms with Crippen molar-refractivity contribution in [2.75, 3.05) is 23.4 Å². The molecule has 0 aromatic heterocycles. The van der Waals surface area contributed by atoms with E-state index in [1.54, 1.807) is 11.0 Å². The van der Waals surface area contributed by atoms with E-state index in [-0.39, 0.29) is 18.4 Å². The monoisotopic (exact) mass is 290 g/mol. The van der Waals surface area contributed by atoms with Gasteiger partial charge in [0.25, 0.3) is 5.91 Å². The van der Waals surface area contributed by atoms with Crippen LogP contribution in [0.1, 0.15) is 39.5 Å². The normalized spacial score (nSPS) is 13.6. The molecule has 2 amide bonds. The summed E-state index contributed by atoms with van der Waals surface area (Å²) in [5.41, 5.74) is 1.49. The zero-order valence-corrected chi connectivity index (χ0v) is 12.6. The van der Waals surface area contributed by atoms with Gasteiger partial charge in [-0.1, -0.05) is 20.3 Å². The van der Waals surface area contributed by atoms with Crippen LogP contribution in [0.3, 0.4) is 0 Å². The Bertz CT molecular complexity index is 528. The minimum atomic E-state index is -0.0240. The maximum atomic E-state index is 11.9. The molecule has 1 aromatic rings. The molecule has 1 heterocycles. The number of hydrogen-bond donors (Lipinski definition) is 1. The third-order valence-electron chi connectivity index (χ3n) is 3.39. The lowest BCUT2D eigenvalue weighted by molar-refractivity contribution is -0.121. The molecule has 0 atom stereocenters. The molecule has 21 heavy (non-hydrogen) atoms. The van der Waals surface area contributed by atoms with Crippen molar-refractivity contribution in [2.24, 2.45) is 0 Å². The SMILES string of the molecule is CCCCC(=O)Nc1ccc2c(c1)OCC(=O)N2CCC. The largest absolute Gasteiger partial charge is 0.481 e. The van der Waals surface area contributed by atoms with E-state index in [1.807, 2.05) is 19.1 Å². The summed E-state index contributed by atoms with van der Waals surface area (Å²) in [5.74, 6) is 0.634. The maximum Gasteiger partial charge on any atom is 0.265 e. The standard InChI is InChI=1S/C16H22N2O3/c1-3-5-6-15(19)17-12-7-8-13-14(10-12)21-11-16(20)18(13)9-4-2/h7-8,10H,3-6,9,11H2,1-2H3,(H,17,19). The van der Waals surface area contributed by atoms with Crippen molar-refractivity contribution in [1.82, 2.24) is 0 Å². The first-order valence-corrected chi connectivity index (χ1v) is 7.52. The maximum absolute atomic E-state index is 11.9. The Morgan fingerprint density at radius 1 is 1.33 bits per heavy atom. The molecule has 5 heteroatoms. The Labute approximate surface area is 125 Å². The van der Waals surface area contributed by atoms with Gasteiger partial charge >= 0.3 is 0 Å². The highest BCUT2D eigenvalue weighted by Gasteiger charge is 2.24. The van der Waals surface area contributed by atoms with Gasteiger partial charge in [0.15, 0.2) is 6.61 Å². The van der Waals surface area contributed by atoms with Gasteiger partial charge in [0.1, 0.15) is 5.75 Å². The zero-order valence-electron chi connectivity index (χ0n) is 12.6. The average Bonchev–Trinajstić information content (AvgIpc) is 2.48. The fraction of sp³-hybridized carbons (Fsp3) is 0.500. The van der Waals surface area contributed by atoms with E-state index in [2.05, 4.69) is 12.2 Å². The number of benzene rings is 1. The van der Waals surface area contributed by atoms with Crippen LogP contribution in [-0.4, -0.2) is 25.0 Å². The highest BCUT2D eigenvalue weighted by Crippen LogP contribution is 2.34. The van der Waals surface area contributed by atoms with Gasteiger partial charge in [-0.15, -0.1) is 0 Å². The lowest BCUT2D eigenvalue weighted by atomic mass is 10.2. The van der Waals surface area contributed by atoms with E-state index in [4.69, 9.17) is 4.74 Å². The van der Waals surface area contributed by atoms with Crippen LogP contribution in [0.15, 0.2) is 18.2 Å². The lowest BCUT2D eigenvalue weighted by Gasteiger charge is -2.29. The summed E-state index contributed by atoms with van der Waals surface area (Å²) in [6.45, 7) is 4.82. The molecule has 1 N–H and O–H groups in total. The third kappa shape index (κ3) is 3.74. The van der Waals surface area contributed by atoms with Crippen molar-refractivity contribution in [1.29, 1.82) is 0 Å². The number of amides is 2. The van der Waals surface area contributed by atoms with Crippen molar-refractivity contribution in [2.45, 2.75) is 39.5 Å². The molecular formula is C16H22N2O3. The van der Waals surface area contributed by atoms with Crippen molar-refractivity contribution >= 4 is 23.2 Å². The zero-order chi connectivity index (χ0) is 15.2. The number of ether oxygens (including phenoxy) is 1. The molecule has 5 nitrogen and oxygen atoms in total. The minimum absolute atomic E-state index is 0.00843. The lowest BCUT2D eigenvalue weighted by Crippen LogP contribution is -2.39. The van der Waals surface area contributed by atoms with E-state index < -0.39 is 0 Å². The Morgan fingerprint density at radius 3 is 2.86 bits per heavy atom. The number of hydrogen-bond acceptors (Lipinski definition) is 3. The van der Waals surface area contributed by atoms with Crippen molar-refractivity contribution in [3.8, 4) is 5.75 Å². The quantitative estimate of drug-likeness (QED) is 0.876. The molecule has 0 spiro atoms. The molecule has 0 saturated heterocycles. The highest BCUT2D eigenvalue weighted by atomic mass is 16.5. The Balaban J connectivity index is 2.12. The van der Waals surface area contributed by atoms with Crippen molar-refractivity contribution in [3.05, 3.63) is 18.2 Å². The summed E-state index contributed by atoms with van der Waals surface area (Å²) < 4.78 is 5.47. The van der Waals surface area contributed by atoms with Crippen LogP contribution < -0.4 is 15.0 Å². The molecule has 0 fully saturated rings. The van der Waals surface area contributed by atoms with Crippen LogP contribution in [0.4, 0.5) is 11.4 Å². The van der Waals surface area contributed by atoms with Gasteiger partial charge in [0, 0.05) is 24.7 Å². The van der Waals surface area contributed by atoms with E-state index in [9.17, 15) is 9.59 Å². The summed E-state index contributed by atoms with van der Waals surface area (Å²) >= 11 is 0. The van der Waals surface area contributed by atoms with Gasteiger partial charge in [0.2, 0.25) is 5.91 Å². The van der Waals surface area contributed by atoms with Crippen LogP contribution >= 0.6 is 0 Å². The van der Waals surface area contributed by atoms with E-state index in [0.29, 0.717) is 24.4 Å². The summed E-state index contributed by atoms with van der Waals surface area (Å²) in [4.78, 5) is 25.3. The van der Waals surface area contributed by atoms with Crippen LogP contribution in [0.25, 0.3) is 0 Å². The molecule has 2 rings (SSSR count). The van der Waals surface area contributed by atoms with Gasteiger partial charge in [-0.25, -0.2) is 0 Å². The van der Waals surface area contributed by atoms with E-state index in [0.717, 1.165) is 24.9 Å². The third-order valence-corrected chi connectivity index (χ3v) is 3.39. The molecule has 1 aliphatic heterocycles. The van der Waals surface area contributed by atoms with Gasteiger partial charge in [-0.2, -0.15) is 0 Å². The van der Waals surface area contributed by atoms with Crippen LogP contribution in [0, 0.1) is 0 Å². The topological polar surface area (TPSA) is 58.6 Å². The molecule has 0 aliphatic carbocycles.